The minimum Gasteiger partial charge on any atom is -0.491 e. The van der Waals surface area contributed by atoms with Gasteiger partial charge in [0.1, 0.15) is 5.75 Å². The molecule has 1 atom stereocenters. The Morgan fingerprint density at radius 1 is 1.07 bits per heavy atom. The van der Waals surface area contributed by atoms with Gasteiger partial charge in [-0.2, -0.15) is 5.10 Å². The van der Waals surface area contributed by atoms with Crippen molar-refractivity contribution in [1.29, 1.82) is 0 Å². The summed E-state index contributed by atoms with van der Waals surface area (Å²) in [6, 6.07) is 17.1. The predicted octanol–water partition coefficient (Wildman–Crippen LogP) is 4.46. The third-order valence-electron chi connectivity index (χ3n) is 4.28. The van der Waals surface area contributed by atoms with Gasteiger partial charge in [-0.25, -0.2) is 4.68 Å². The first-order valence-electron chi connectivity index (χ1n) is 9.12. The Labute approximate surface area is 160 Å². The van der Waals surface area contributed by atoms with E-state index in [1.165, 1.54) is 0 Å². The molecule has 3 rings (SSSR count). The van der Waals surface area contributed by atoms with Crippen molar-refractivity contribution in [3.8, 4) is 11.4 Å². The first-order chi connectivity index (χ1) is 12.9. The summed E-state index contributed by atoms with van der Waals surface area (Å²) in [5, 5.41) is 7.32. The number of aromatic nitrogens is 2. The van der Waals surface area contributed by atoms with Crippen LogP contribution >= 0.6 is 0 Å². The van der Waals surface area contributed by atoms with Crippen molar-refractivity contribution in [2.75, 3.05) is 0 Å². The Balaban J connectivity index is 1.69. The van der Waals surface area contributed by atoms with Crippen molar-refractivity contribution in [2.24, 2.45) is 0 Å². The minimum absolute atomic E-state index is 0.110. The molecule has 0 radical (unpaired) electrons. The van der Waals surface area contributed by atoms with E-state index >= 15 is 0 Å². The molecule has 0 spiro atoms. The number of amides is 1. The zero-order valence-corrected chi connectivity index (χ0v) is 16.1. The van der Waals surface area contributed by atoms with E-state index in [4.69, 9.17) is 4.74 Å². The summed E-state index contributed by atoms with van der Waals surface area (Å²) in [4.78, 5) is 12.6. The molecular weight excluding hydrogens is 338 g/mol. The van der Waals surface area contributed by atoms with Crippen molar-refractivity contribution in [3.63, 3.8) is 0 Å². The van der Waals surface area contributed by atoms with Crippen molar-refractivity contribution >= 4 is 5.91 Å². The van der Waals surface area contributed by atoms with Crippen LogP contribution in [-0.4, -0.2) is 21.8 Å². The number of hydrogen-bond donors (Lipinski definition) is 1. The van der Waals surface area contributed by atoms with Crippen molar-refractivity contribution in [3.05, 3.63) is 77.6 Å². The number of rotatable bonds is 6. The highest BCUT2D eigenvalue weighted by Gasteiger charge is 2.13. The summed E-state index contributed by atoms with van der Waals surface area (Å²) in [6.45, 7) is 7.94. The van der Waals surface area contributed by atoms with Gasteiger partial charge in [-0.3, -0.25) is 4.79 Å². The average molecular weight is 363 g/mol. The van der Waals surface area contributed by atoms with Gasteiger partial charge in [-0.15, -0.1) is 0 Å². The van der Waals surface area contributed by atoms with Crippen LogP contribution in [0, 0.1) is 6.92 Å². The molecule has 0 aliphatic rings. The molecule has 0 aliphatic carbocycles. The third-order valence-corrected chi connectivity index (χ3v) is 4.28. The second-order valence-corrected chi connectivity index (χ2v) is 6.87. The van der Waals surface area contributed by atoms with Crippen LogP contribution in [0.5, 0.6) is 5.75 Å². The van der Waals surface area contributed by atoms with Gasteiger partial charge in [-0.05, 0) is 75.7 Å². The second-order valence-electron chi connectivity index (χ2n) is 6.87. The van der Waals surface area contributed by atoms with E-state index < -0.39 is 0 Å². The average Bonchev–Trinajstić information content (AvgIpc) is 3.07. The Morgan fingerprint density at radius 2 is 1.81 bits per heavy atom. The van der Waals surface area contributed by atoms with Crippen LogP contribution in [0.15, 0.2) is 60.8 Å². The molecule has 0 bridgehead atoms. The number of nitrogens with zero attached hydrogens (tertiary/aromatic N) is 2. The predicted molar refractivity (Wildman–Crippen MR) is 106 cm³/mol. The number of ether oxygens (including phenoxy) is 1. The SMILES string of the molecule is Cc1ccnn1-c1ccc(C(=O)NC(C)c2cccc(OC(C)C)c2)cc1. The monoisotopic (exact) mass is 363 g/mol. The summed E-state index contributed by atoms with van der Waals surface area (Å²) in [5.74, 6) is 0.698. The van der Waals surface area contributed by atoms with Gasteiger partial charge in [-0.1, -0.05) is 12.1 Å². The molecule has 5 nitrogen and oxygen atoms in total. The number of benzene rings is 2. The lowest BCUT2D eigenvalue weighted by Gasteiger charge is -2.17. The van der Waals surface area contributed by atoms with Gasteiger partial charge < -0.3 is 10.1 Å². The highest BCUT2D eigenvalue weighted by molar-refractivity contribution is 5.94. The fourth-order valence-corrected chi connectivity index (χ4v) is 2.89. The van der Waals surface area contributed by atoms with Crippen molar-refractivity contribution in [2.45, 2.75) is 39.8 Å². The van der Waals surface area contributed by atoms with Crippen molar-refractivity contribution in [1.82, 2.24) is 15.1 Å². The van der Waals surface area contributed by atoms with Crippen LogP contribution in [0.25, 0.3) is 5.69 Å². The molecule has 27 heavy (non-hydrogen) atoms. The fraction of sp³-hybridized carbons (Fsp3) is 0.273. The van der Waals surface area contributed by atoms with Crippen LogP contribution in [0.1, 0.15) is 48.4 Å². The maximum atomic E-state index is 12.6. The molecule has 0 fully saturated rings. The number of aryl methyl sites for hydroxylation is 1. The van der Waals surface area contributed by atoms with Gasteiger partial charge in [0, 0.05) is 17.5 Å². The molecular formula is C22H25N3O2. The summed E-state index contributed by atoms with van der Waals surface area (Å²) in [6.07, 6.45) is 1.87. The molecule has 0 aliphatic heterocycles. The Hall–Kier alpha value is -3.08. The Bertz CT molecular complexity index is 913. The van der Waals surface area contributed by atoms with Crippen LogP contribution in [-0.2, 0) is 0 Å². The first kappa shape index (κ1) is 18.7. The highest BCUT2D eigenvalue weighted by atomic mass is 16.5. The minimum atomic E-state index is -0.124. The molecule has 0 saturated carbocycles. The van der Waals surface area contributed by atoms with E-state index in [0.29, 0.717) is 5.56 Å². The van der Waals surface area contributed by atoms with E-state index in [0.717, 1.165) is 22.7 Å². The molecule has 2 aromatic carbocycles. The zero-order valence-electron chi connectivity index (χ0n) is 16.1. The van der Waals surface area contributed by atoms with Gasteiger partial charge in [0.25, 0.3) is 5.91 Å². The van der Waals surface area contributed by atoms with E-state index in [1.807, 2.05) is 87.0 Å². The number of hydrogen-bond acceptors (Lipinski definition) is 3. The lowest BCUT2D eigenvalue weighted by atomic mass is 10.1. The van der Waals surface area contributed by atoms with Crippen LogP contribution < -0.4 is 10.1 Å². The maximum Gasteiger partial charge on any atom is 0.251 e. The number of nitrogens with one attached hydrogen (secondary N) is 1. The fourth-order valence-electron chi connectivity index (χ4n) is 2.89. The Kier molecular flexibility index (Phi) is 5.60. The van der Waals surface area contributed by atoms with E-state index in [-0.39, 0.29) is 18.1 Å². The van der Waals surface area contributed by atoms with Gasteiger partial charge in [0.15, 0.2) is 0 Å². The molecule has 1 unspecified atom stereocenters. The smallest absolute Gasteiger partial charge is 0.251 e. The molecule has 0 saturated heterocycles. The van der Waals surface area contributed by atoms with Gasteiger partial charge >= 0.3 is 0 Å². The first-order valence-corrected chi connectivity index (χ1v) is 9.12. The topological polar surface area (TPSA) is 56.2 Å². The molecule has 1 N–H and O–H groups in total. The lowest BCUT2D eigenvalue weighted by Crippen LogP contribution is -2.26. The standard InChI is InChI=1S/C22H25N3O2/c1-15(2)27-21-7-5-6-19(14-21)17(4)24-22(26)18-8-10-20(11-9-18)25-16(3)12-13-23-25/h5-15,17H,1-4H3,(H,24,26). The second kappa shape index (κ2) is 8.08. The molecule has 1 aromatic heterocycles. The normalized spacial score (nSPS) is 12.0. The Morgan fingerprint density at radius 3 is 2.44 bits per heavy atom. The maximum absolute atomic E-state index is 12.6. The van der Waals surface area contributed by atoms with E-state index in [9.17, 15) is 4.79 Å². The lowest BCUT2D eigenvalue weighted by molar-refractivity contribution is 0.0939. The summed E-state index contributed by atoms with van der Waals surface area (Å²) in [7, 11) is 0. The van der Waals surface area contributed by atoms with Crippen LogP contribution in [0.2, 0.25) is 0 Å². The number of carbonyl (C=O) groups is 1. The van der Waals surface area contributed by atoms with E-state index in [1.54, 1.807) is 6.20 Å². The third kappa shape index (κ3) is 4.56. The zero-order chi connectivity index (χ0) is 19.4. The summed E-state index contributed by atoms with van der Waals surface area (Å²) < 4.78 is 7.57. The van der Waals surface area contributed by atoms with Crippen LogP contribution in [0.4, 0.5) is 0 Å². The number of carbonyl (C=O) groups excluding carboxylic acids is 1. The largest absolute Gasteiger partial charge is 0.491 e. The molecule has 1 amide bonds. The van der Waals surface area contributed by atoms with E-state index in [2.05, 4.69) is 10.4 Å². The van der Waals surface area contributed by atoms with Gasteiger partial charge in [0.2, 0.25) is 0 Å². The molecule has 3 aromatic rings. The molecule has 140 valence electrons. The summed E-state index contributed by atoms with van der Waals surface area (Å²) in [5.41, 5.74) is 3.60. The summed E-state index contributed by atoms with van der Waals surface area (Å²) >= 11 is 0. The van der Waals surface area contributed by atoms with Gasteiger partial charge in [0.05, 0.1) is 17.8 Å². The van der Waals surface area contributed by atoms with Crippen LogP contribution in [0.3, 0.4) is 0 Å². The highest BCUT2D eigenvalue weighted by Crippen LogP contribution is 2.21. The van der Waals surface area contributed by atoms with Crippen molar-refractivity contribution < 1.29 is 9.53 Å². The quantitative estimate of drug-likeness (QED) is 0.703. The molecule has 1 heterocycles. The molecule has 5 heteroatoms.